The summed E-state index contributed by atoms with van der Waals surface area (Å²) in [5.74, 6) is -1.96. The highest BCUT2D eigenvalue weighted by atomic mass is 16.5. The first-order valence-electron chi connectivity index (χ1n) is 6.81. The maximum absolute atomic E-state index is 12.3. The highest BCUT2D eigenvalue weighted by Gasteiger charge is 2.45. The first kappa shape index (κ1) is 16.0. The number of carboxylic acids is 1. The van der Waals surface area contributed by atoms with E-state index in [0.717, 1.165) is 0 Å². The lowest BCUT2D eigenvalue weighted by atomic mass is 10.0. The zero-order valence-corrected chi connectivity index (χ0v) is 12.4. The third-order valence-electron chi connectivity index (χ3n) is 3.81. The molecule has 1 aliphatic rings. The van der Waals surface area contributed by atoms with Gasteiger partial charge in [0.05, 0.1) is 6.26 Å². The van der Waals surface area contributed by atoms with Gasteiger partial charge < -0.3 is 24.1 Å². The van der Waals surface area contributed by atoms with Gasteiger partial charge in [0.15, 0.2) is 5.76 Å². The molecule has 0 radical (unpaired) electrons. The van der Waals surface area contributed by atoms with Crippen molar-refractivity contribution in [3.05, 3.63) is 24.2 Å². The first-order chi connectivity index (χ1) is 10.4. The highest BCUT2D eigenvalue weighted by molar-refractivity contribution is 6.05. The molecule has 1 fully saturated rings. The number of furan rings is 1. The minimum atomic E-state index is -1.91. The second-order valence-corrected chi connectivity index (χ2v) is 5.10. The molecule has 1 aromatic rings. The summed E-state index contributed by atoms with van der Waals surface area (Å²) in [6.45, 7) is 2.34. The summed E-state index contributed by atoms with van der Waals surface area (Å²) < 4.78 is 9.92. The van der Waals surface area contributed by atoms with Crippen LogP contribution in [0.5, 0.6) is 0 Å². The molecule has 22 heavy (non-hydrogen) atoms. The number of carbonyl (C=O) groups excluding carboxylic acids is 2. The molecule has 0 spiro atoms. The Labute approximate surface area is 127 Å². The fourth-order valence-corrected chi connectivity index (χ4v) is 2.24. The molecule has 8 heteroatoms. The molecule has 2 amide bonds. The summed E-state index contributed by atoms with van der Waals surface area (Å²) in [5.41, 5.74) is -1.91. The maximum Gasteiger partial charge on any atom is 0.345 e. The average Bonchev–Trinajstić information content (AvgIpc) is 3.07. The van der Waals surface area contributed by atoms with E-state index in [1.807, 2.05) is 0 Å². The predicted molar refractivity (Wildman–Crippen MR) is 74.2 cm³/mol. The fraction of sp³-hybridized carbons (Fsp3) is 0.500. The standard InChI is InChI=1S/C14H18N2O6/c1-14(21-2,13(19)20)12(18)16-7-5-15(6-8-16)11(17)10-4-3-9-22-10/h3-4,9H,5-8H2,1-2H3,(H,19,20). The summed E-state index contributed by atoms with van der Waals surface area (Å²) >= 11 is 0. The number of hydrogen-bond acceptors (Lipinski definition) is 5. The second-order valence-electron chi connectivity index (χ2n) is 5.10. The molecule has 1 aromatic heterocycles. The highest BCUT2D eigenvalue weighted by Crippen LogP contribution is 2.17. The number of amides is 2. The lowest BCUT2D eigenvalue weighted by Crippen LogP contribution is -2.58. The molecular formula is C14H18N2O6. The van der Waals surface area contributed by atoms with Crippen molar-refractivity contribution in [2.75, 3.05) is 33.3 Å². The van der Waals surface area contributed by atoms with Crippen molar-refractivity contribution in [2.24, 2.45) is 0 Å². The van der Waals surface area contributed by atoms with Crippen molar-refractivity contribution in [1.29, 1.82) is 0 Å². The third kappa shape index (κ3) is 2.82. The van der Waals surface area contributed by atoms with Crippen LogP contribution in [0.25, 0.3) is 0 Å². The molecule has 0 aliphatic carbocycles. The summed E-state index contributed by atoms with van der Waals surface area (Å²) in [4.78, 5) is 38.6. The van der Waals surface area contributed by atoms with Gasteiger partial charge in [-0.05, 0) is 19.1 Å². The van der Waals surface area contributed by atoms with Crippen LogP contribution in [0.15, 0.2) is 22.8 Å². The number of piperazine rings is 1. The van der Waals surface area contributed by atoms with Crippen LogP contribution in [0.2, 0.25) is 0 Å². The molecule has 1 saturated heterocycles. The minimum Gasteiger partial charge on any atom is -0.479 e. The lowest BCUT2D eigenvalue weighted by molar-refractivity contribution is -0.174. The number of ether oxygens (including phenoxy) is 1. The molecule has 1 atom stereocenters. The summed E-state index contributed by atoms with van der Waals surface area (Å²) in [6, 6.07) is 3.20. The Morgan fingerprint density at radius 3 is 2.27 bits per heavy atom. The number of hydrogen-bond donors (Lipinski definition) is 1. The molecule has 120 valence electrons. The van der Waals surface area contributed by atoms with Gasteiger partial charge in [-0.15, -0.1) is 0 Å². The quantitative estimate of drug-likeness (QED) is 0.789. The average molecular weight is 310 g/mol. The van der Waals surface area contributed by atoms with Crippen LogP contribution in [0, 0.1) is 0 Å². The first-order valence-corrected chi connectivity index (χ1v) is 6.81. The largest absolute Gasteiger partial charge is 0.479 e. The smallest absolute Gasteiger partial charge is 0.345 e. The van der Waals surface area contributed by atoms with Crippen LogP contribution in [0.1, 0.15) is 17.5 Å². The zero-order chi connectivity index (χ0) is 16.3. The number of rotatable bonds is 4. The number of carbonyl (C=O) groups is 3. The fourth-order valence-electron chi connectivity index (χ4n) is 2.24. The molecule has 0 aromatic carbocycles. The van der Waals surface area contributed by atoms with E-state index < -0.39 is 17.5 Å². The Kier molecular flexibility index (Phi) is 4.51. The molecular weight excluding hydrogens is 292 g/mol. The molecule has 1 unspecified atom stereocenters. The monoisotopic (exact) mass is 310 g/mol. The summed E-state index contributed by atoms with van der Waals surface area (Å²) in [5, 5.41) is 9.15. The van der Waals surface area contributed by atoms with E-state index in [9.17, 15) is 14.4 Å². The number of aliphatic carboxylic acids is 1. The van der Waals surface area contributed by atoms with E-state index in [0.29, 0.717) is 13.1 Å². The van der Waals surface area contributed by atoms with Crippen LogP contribution in [-0.4, -0.2) is 71.6 Å². The van der Waals surface area contributed by atoms with Gasteiger partial charge in [0, 0.05) is 33.3 Å². The Morgan fingerprint density at radius 1 is 1.23 bits per heavy atom. The van der Waals surface area contributed by atoms with E-state index in [1.54, 1.807) is 17.0 Å². The summed E-state index contributed by atoms with van der Waals surface area (Å²) in [6.07, 6.45) is 1.42. The van der Waals surface area contributed by atoms with Crippen LogP contribution in [0.3, 0.4) is 0 Å². The molecule has 2 heterocycles. The lowest BCUT2D eigenvalue weighted by Gasteiger charge is -2.37. The summed E-state index contributed by atoms with van der Waals surface area (Å²) in [7, 11) is 1.18. The minimum absolute atomic E-state index is 0.243. The van der Waals surface area contributed by atoms with Crippen molar-refractivity contribution < 1.29 is 28.6 Å². The number of carboxylic acid groups (broad SMARTS) is 1. The van der Waals surface area contributed by atoms with Gasteiger partial charge in [-0.1, -0.05) is 0 Å². The molecule has 8 nitrogen and oxygen atoms in total. The van der Waals surface area contributed by atoms with Gasteiger partial charge in [-0.2, -0.15) is 0 Å². The van der Waals surface area contributed by atoms with Crippen LogP contribution in [0.4, 0.5) is 0 Å². The van der Waals surface area contributed by atoms with Crippen molar-refractivity contribution >= 4 is 17.8 Å². The van der Waals surface area contributed by atoms with E-state index in [-0.39, 0.29) is 24.8 Å². The Balaban J connectivity index is 1.99. The molecule has 0 saturated carbocycles. The predicted octanol–water partition coefficient (Wildman–Crippen LogP) is 0.0537. The Morgan fingerprint density at radius 2 is 1.82 bits per heavy atom. The van der Waals surface area contributed by atoms with Crippen molar-refractivity contribution in [1.82, 2.24) is 9.80 Å². The third-order valence-corrected chi connectivity index (χ3v) is 3.81. The Hall–Kier alpha value is -2.35. The van der Waals surface area contributed by atoms with E-state index >= 15 is 0 Å². The van der Waals surface area contributed by atoms with Crippen molar-refractivity contribution in [3.63, 3.8) is 0 Å². The van der Waals surface area contributed by atoms with E-state index in [1.165, 1.54) is 25.2 Å². The topological polar surface area (TPSA) is 100 Å². The van der Waals surface area contributed by atoms with Gasteiger partial charge >= 0.3 is 5.97 Å². The molecule has 1 N–H and O–H groups in total. The van der Waals surface area contributed by atoms with Gasteiger partial charge in [-0.3, -0.25) is 9.59 Å². The van der Waals surface area contributed by atoms with Crippen LogP contribution >= 0.6 is 0 Å². The van der Waals surface area contributed by atoms with Crippen molar-refractivity contribution in [3.8, 4) is 0 Å². The van der Waals surface area contributed by atoms with E-state index in [4.69, 9.17) is 14.3 Å². The SMILES string of the molecule is COC(C)(C(=O)O)C(=O)N1CCN(C(=O)c2ccco2)CC1. The van der Waals surface area contributed by atoms with Crippen molar-refractivity contribution in [2.45, 2.75) is 12.5 Å². The van der Waals surface area contributed by atoms with Gasteiger partial charge in [-0.25, -0.2) is 4.79 Å². The molecule has 2 rings (SSSR count). The van der Waals surface area contributed by atoms with Gasteiger partial charge in [0.1, 0.15) is 0 Å². The van der Waals surface area contributed by atoms with Gasteiger partial charge in [0.25, 0.3) is 11.8 Å². The zero-order valence-electron chi connectivity index (χ0n) is 12.4. The molecule has 1 aliphatic heterocycles. The number of methoxy groups -OCH3 is 1. The Bertz CT molecular complexity index is 562. The second kappa shape index (κ2) is 6.18. The van der Waals surface area contributed by atoms with E-state index in [2.05, 4.69) is 0 Å². The number of nitrogens with zero attached hydrogens (tertiary/aromatic N) is 2. The normalized spacial score (nSPS) is 17.9. The maximum atomic E-state index is 12.3. The van der Waals surface area contributed by atoms with Crippen LogP contribution in [-0.2, 0) is 14.3 Å². The van der Waals surface area contributed by atoms with Crippen LogP contribution < -0.4 is 0 Å². The van der Waals surface area contributed by atoms with Gasteiger partial charge in [0.2, 0.25) is 5.60 Å². The molecule has 0 bridgehead atoms.